The van der Waals surface area contributed by atoms with E-state index in [9.17, 15) is 9.59 Å². The van der Waals surface area contributed by atoms with Gasteiger partial charge < -0.3 is 9.16 Å². The highest BCUT2D eigenvalue weighted by Gasteiger charge is 2.67. The topological polar surface area (TPSA) is 52.6 Å². The van der Waals surface area contributed by atoms with Crippen molar-refractivity contribution in [2.75, 3.05) is 0 Å². The molecule has 0 aromatic heterocycles. The Balaban J connectivity index is 2.42. The molecule has 118 valence electrons. The van der Waals surface area contributed by atoms with Crippen LogP contribution in [-0.2, 0) is 18.8 Å². The fraction of sp³-hybridized carbons (Fsp3) is 0.750. The Labute approximate surface area is 128 Å². The third-order valence-electron chi connectivity index (χ3n) is 5.84. The zero-order valence-corrected chi connectivity index (χ0v) is 15.1. The second-order valence-corrected chi connectivity index (χ2v) is 12.9. The molecule has 3 atom stereocenters. The molecule has 0 N–H and O–H groups in total. The monoisotopic (exact) mass is 310 g/mol. The summed E-state index contributed by atoms with van der Waals surface area (Å²) in [5, 5.41) is 0.0393. The smallest absolute Gasteiger partial charge is 0.323 e. The first-order chi connectivity index (χ1) is 9.36. The molecule has 1 aliphatic carbocycles. The van der Waals surface area contributed by atoms with Gasteiger partial charge in [-0.05, 0) is 38.4 Å². The minimum Gasteiger partial charge on any atom is -0.409 e. The van der Waals surface area contributed by atoms with E-state index in [4.69, 9.17) is 9.16 Å². The van der Waals surface area contributed by atoms with Crippen molar-refractivity contribution in [1.29, 1.82) is 0 Å². The fourth-order valence-electron chi connectivity index (χ4n) is 2.74. The van der Waals surface area contributed by atoms with Crippen molar-refractivity contribution in [2.24, 2.45) is 10.8 Å². The molecular formula is C16H26O4Si. The molecule has 0 saturated carbocycles. The molecule has 0 amide bonds. The van der Waals surface area contributed by atoms with Gasteiger partial charge in [0.2, 0.25) is 0 Å². The summed E-state index contributed by atoms with van der Waals surface area (Å²) in [5.41, 5.74) is -1.76. The van der Waals surface area contributed by atoms with Gasteiger partial charge in [0.25, 0.3) is 0 Å². The summed E-state index contributed by atoms with van der Waals surface area (Å²) in [6.45, 7) is 14.4. The van der Waals surface area contributed by atoms with Gasteiger partial charge >= 0.3 is 11.9 Å². The van der Waals surface area contributed by atoms with Gasteiger partial charge in [0.15, 0.2) is 8.32 Å². The van der Waals surface area contributed by atoms with Gasteiger partial charge in [-0.2, -0.15) is 0 Å². The number of allylic oxidation sites excluding steroid dienone is 1. The molecule has 1 fully saturated rings. The first-order valence-corrected chi connectivity index (χ1v) is 10.4. The van der Waals surface area contributed by atoms with Crippen LogP contribution in [0.3, 0.4) is 0 Å². The van der Waals surface area contributed by atoms with Gasteiger partial charge in [-0.15, -0.1) is 0 Å². The number of carbonyl (C=O) groups is 2. The average Bonchev–Trinajstić information content (AvgIpc) is 2.49. The quantitative estimate of drug-likeness (QED) is 0.339. The van der Waals surface area contributed by atoms with Crippen LogP contribution in [0.5, 0.6) is 0 Å². The van der Waals surface area contributed by atoms with Crippen molar-refractivity contribution in [2.45, 2.75) is 65.3 Å². The van der Waals surface area contributed by atoms with Crippen LogP contribution in [-0.4, -0.2) is 26.4 Å². The summed E-state index contributed by atoms with van der Waals surface area (Å²) in [4.78, 5) is 24.5. The molecule has 0 aromatic carbocycles. The number of hydrogen-bond acceptors (Lipinski definition) is 4. The number of cyclic esters (lactones) is 2. The number of esters is 2. The maximum atomic E-state index is 12.4. The number of hydrogen-bond donors (Lipinski definition) is 0. The standard InChI is InChI=1S/C16H26O4Si/c1-14(2,3)21(6,7)20-11-9-8-10-15(4)12(17)19-13(18)16(11,15)5/h8-9,11H,10H2,1-7H3/t11-,15-,16+/m1/s1. The Morgan fingerprint density at radius 2 is 1.81 bits per heavy atom. The molecule has 0 bridgehead atoms. The fourth-order valence-corrected chi connectivity index (χ4v) is 4.04. The Hall–Kier alpha value is -0.943. The molecule has 0 aromatic rings. The molecular weight excluding hydrogens is 284 g/mol. The maximum Gasteiger partial charge on any atom is 0.323 e. The summed E-state index contributed by atoms with van der Waals surface area (Å²) in [5.74, 6) is -0.883. The van der Waals surface area contributed by atoms with E-state index in [1.165, 1.54) is 0 Å². The van der Waals surface area contributed by atoms with Crippen molar-refractivity contribution < 1.29 is 18.8 Å². The predicted molar refractivity (Wildman–Crippen MR) is 83.1 cm³/mol. The van der Waals surface area contributed by atoms with Gasteiger partial charge in [-0.1, -0.05) is 32.9 Å². The first kappa shape index (κ1) is 16.4. The summed E-state index contributed by atoms with van der Waals surface area (Å²) < 4.78 is 11.4. The molecule has 21 heavy (non-hydrogen) atoms. The van der Waals surface area contributed by atoms with Crippen LogP contribution in [0.2, 0.25) is 18.1 Å². The Kier molecular flexibility index (Phi) is 3.54. The third-order valence-corrected chi connectivity index (χ3v) is 10.3. The second-order valence-electron chi connectivity index (χ2n) is 8.14. The second kappa shape index (κ2) is 4.52. The Bertz CT molecular complexity index is 517. The summed E-state index contributed by atoms with van der Waals surface area (Å²) in [6, 6.07) is 0. The highest BCUT2D eigenvalue weighted by Crippen LogP contribution is 2.56. The lowest BCUT2D eigenvalue weighted by Crippen LogP contribution is -2.55. The number of carbonyl (C=O) groups excluding carboxylic acids is 2. The minimum atomic E-state index is -2.05. The van der Waals surface area contributed by atoms with Crippen LogP contribution in [0.15, 0.2) is 12.2 Å². The molecule has 1 heterocycles. The number of fused-ring (bicyclic) bond motifs is 1. The first-order valence-electron chi connectivity index (χ1n) is 7.47. The minimum absolute atomic E-state index is 0.0393. The van der Waals surface area contributed by atoms with Crippen LogP contribution in [0, 0.1) is 10.8 Å². The summed E-state index contributed by atoms with van der Waals surface area (Å²) in [6.07, 6.45) is 3.99. The number of ether oxygens (including phenoxy) is 1. The van der Waals surface area contributed by atoms with Crippen LogP contribution in [0.1, 0.15) is 41.0 Å². The van der Waals surface area contributed by atoms with E-state index >= 15 is 0 Å². The molecule has 1 aliphatic heterocycles. The third kappa shape index (κ3) is 2.13. The van der Waals surface area contributed by atoms with Crippen LogP contribution in [0.25, 0.3) is 0 Å². The lowest BCUT2D eigenvalue weighted by molar-refractivity contribution is -0.156. The SMILES string of the molecule is CC(C)(C)[Si](C)(C)O[C@@H]1C=CC[C@]2(C)C(=O)OC(=O)[C@]12C. The highest BCUT2D eigenvalue weighted by molar-refractivity contribution is 6.74. The molecule has 0 spiro atoms. The lowest BCUT2D eigenvalue weighted by Gasteiger charge is -2.47. The van der Waals surface area contributed by atoms with E-state index in [0.29, 0.717) is 6.42 Å². The molecule has 2 rings (SSSR count). The van der Waals surface area contributed by atoms with E-state index in [0.717, 1.165) is 0 Å². The van der Waals surface area contributed by atoms with Gasteiger partial charge in [0.1, 0.15) is 5.41 Å². The van der Waals surface area contributed by atoms with Gasteiger partial charge in [0.05, 0.1) is 11.5 Å². The average molecular weight is 310 g/mol. The van der Waals surface area contributed by atoms with Crippen molar-refractivity contribution in [3.05, 3.63) is 12.2 Å². The van der Waals surface area contributed by atoms with E-state index in [1.807, 2.05) is 26.0 Å². The molecule has 4 nitrogen and oxygen atoms in total. The normalized spacial score (nSPS) is 36.6. The van der Waals surface area contributed by atoms with E-state index < -0.39 is 37.2 Å². The molecule has 0 unspecified atom stereocenters. The predicted octanol–water partition coefficient (Wildman–Crippen LogP) is 3.43. The molecule has 5 heteroatoms. The van der Waals surface area contributed by atoms with Crippen molar-refractivity contribution >= 4 is 20.3 Å². The van der Waals surface area contributed by atoms with E-state index in [-0.39, 0.29) is 5.04 Å². The maximum absolute atomic E-state index is 12.4. The van der Waals surface area contributed by atoms with Crippen molar-refractivity contribution in [1.82, 2.24) is 0 Å². The summed E-state index contributed by atoms with van der Waals surface area (Å²) in [7, 11) is -2.05. The highest BCUT2D eigenvalue weighted by atomic mass is 28.4. The van der Waals surface area contributed by atoms with E-state index in [2.05, 4.69) is 33.9 Å². The van der Waals surface area contributed by atoms with Crippen LogP contribution in [0.4, 0.5) is 0 Å². The molecule has 0 radical (unpaired) electrons. The zero-order valence-electron chi connectivity index (χ0n) is 14.1. The Morgan fingerprint density at radius 1 is 1.24 bits per heavy atom. The Morgan fingerprint density at radius 3 is 2.33 bits per heavy atom. The van der Waals surface area contributed by atoms with Gasteiger partial charge in [0, 0.05) is 0 Å². The summed E-state index contributed by atoms with van der Waals surface area (Å²) >= 11 is 0. The molecule has 1 saturated heterocycles. The molecule has 2 aliphatic rings. The van der Waals surface area contributed by atoms with E-state index in [1.54, 1.807) is 0 Å². The largest absolute Gasteiger partial charge is 0.409 e. The van der Waals surface area contributed by atoms with Crippen LogP contribution >= 0.6 is 0 Å². The van der Waals surface area contributed by atoms with Crippen LogP contribution < -0.4 is 0 Å². The van der Waals surface area contributed by atoms with Crippen molar-refractivity contribution in [3.63, 3.8) is 0 Å². The lowest BCUT2D eigenvalue weighted by atomic mass is 9.60. The van der Waals surface area contributed by atoms with Gasteiger partial charge in [-0.3, -0.25) is 9.59 Å². The van der Waals surface area contributed by atoms with Gasteiger partial charge in [-0.25, -0.2) is 0 Å². The van der Waals surface area contributed by atoms with Crippen molar-refractivity contribution in [3.8, 4) is 0 Å². The number of rotatable bonds is 2. The zero-order chi connectivity index (χ0) is 16.3.